The molecule has 3 heterocycles. The van der Waals surface area contributed by atoms with Gasteiger partial charge in [0.1, 0.15) is 5.82 Å². The summed E-state index contributed by atoms with van der Waals surface area (Å²) in [5.74, 6) is 0.509. The maximum absolute atomic E-state index is 12.4. The fourth-order valence-electron chi connectivity index (χ4n) is 1.91. The Kier molecular flexibility index (Phi) is 3.00. The lowest BCUT2D eigenvalue weighted by atomic mass is 10.3. The van der Waals surface area contributed by atoms with Crippen LogP contribution in [0.2, 0.25) is 0 Å². The monoisotopic (exact) mass is 312 g/mol. The van der Waals surface area contributed by atoms with Gasteiger partial charge in [0.2, 0.25) is 0 Å². The molecule has 0 aliphatic heterocycles. The topological polar surface area (TPSA) is 118 Å². The third kappa shape index (κ3) is 2.07. The molecule has 3 rings (SSSR count). The second-order valence-electron chi connectivity index (χ2n) is 4.18. The number of H-pyrrole nitrogens is 1. The number of hydrogen-bond donors (Lipinski definition) is 3. The van der Waals surface area contributed by atoms with E-state index in [1.807, 2.05) is 0 Å². The molecule has 0 aromatic carbocycles. The van der Waals surface area contributed by atoms with Crippen molar-refractivity contribution in [1.29, 1.82) is 0 Å². The molecule has 0 spiro atoms. The normalized spacial score (nSPS) is 13.8. The molecule has 10 heteroatoms. The smallest absolute Gasteiger partial charge is 0.261 e. The van der Waals surface area contributed by atoms with E-state index in [-0.39, 0.29) is 10.8 Å². The molecule has 20 heavy (non-hydrogen) atoms. The molecule has 4 N–H and O–H groups in total. The van der Waals surface area contributed by atoms with Crippen molar-refractivity contribution in [2.75, 3.05) is 5.73 Å². The Hall–Kier alpha value is -1.91. The van der Waals surface area contributed by atoms with Crippen LogP contribution >= 0.6 is 11.3 Å². The molecule has 8 nitrogen and oxygen atoms in total. The summed E-state index contributed by atoms with van der Waals surface area (Å²) in [6.45, 7) is 1.69. The quantitative estimate of drug-likeness (QED) is 0.656. The molecule has 3 aromatic rings. The number of nitrogens with two attached hydrogens (primary N) is 1. The second-order valence-corrected chi connectivity index (χ2v) is 6.68. The lowest BCUT2D eigenvalue weighted by Crippen LogP contribution is -2.29. The van der Waals surface area contributed by atoms with Gasteiger partial charge < -0.3 is 10.7 Å². The van der Waals surface area contributed by atoms with Crippen molar-refractivity contribution in [3.63, 3.8) is 0 Å². The van der Waals surface area contributed by atoms with Gasteiger partial charge in [-0.05, 0) is 6.92 Å². The Labute approximate surface area is 118 Å². The van der Waals surface area contributed by atoms with Crippen molar-refractivity contribution in [3.05, 3.63) is 29.8 Å². The number of nitrogens with one attached hydrogen (secondary N) is 2. The first-order chi connectivity index (χ1) is 9.49. The summed E-state index contributed by atoms with van der Waals surface area (Å²) in [4.78, 5) is 11.4. The number of aromatic amines is 1. The lowest BCUT2D eigenvalue weighted by Gasteiger charge is -2.11. The third-order valence-corrected chi connectivity index (χ3v) is 5.09. The van der Waals surface area contributed by atoms with Crippen molar-refractivity contribution in [3.8, 4) is 0 Å². The van der Waals surface area contributed by atoms with Crippen LogP contribution in [0.25, 0.3) is 4.96 Å². The number of hydrogen-bond acceptors (Lipinski definition) is 6. The number of thiazole rings is 1. The highest BCUT2D eigenvalue weighted by Gasteiger charge is 2.27. The summed E-state index contributed by atoms with van der Waals surface area (Å²) in [5.41, 5.74) is 5.71. The maximum atomic E-state index is 12.4. The summed E-state index contributed by atoms with van der Waals surface area (Å²) in [6.07, 6.45) is 4.81. The highest BCUT2D eigenvalue weighted by atomic mass is 32.2. The zero-order valence-corrected chi connectivity index (χ0v) is 12.1. The van der Waals surface area contributed by atoms with Gasteiger partial charge in [0.25, 0.3) is 10.0 Å². The van der Waals surface area contributed by atoms with Gasteiger partial charge in [0.05, 0.1) is 6.04 Å². The van der Waals surface area contributed by atoms with E-state index < -0.39 is 16.1 Å². The number of rotatable bonds is 4. The van der Waals surface area contributed by atoms with Gasteiger partial charge in [-0.1, -0.05) is 0 Å². The number of sulfonamides is 1. The molecule has 0 amide bonds. The maximum Gasteiger partial charge on any atom is 0.261 e. The molecule has 106 valence electrons. The number of nitrogens with zero attached hydrogens (tertiary/aromatic N) is 3. The van der Waals surface area contributed by atoms with Crippen molar-refractivity contribution in [2.24, 2.45) is 0 Å². The summed E-state index contributed by atoms with van der Waals surface area (Å²) in [5, 5.41) is 1.70. The highest BCUT2D eigenvalue weighted by Crippen LogP contribution is 2.24. The number of aromatic nitrogens is 4. The van der Waals surface area contributed by atoms with Crippen LogP contribution in [0.1, 0.15) is 18.8 Å². The Balaban J connectivity index is 2.00. The minimum atomic E-state index is -3.80. The van der Waals surface area contributed by atoms with Crippen LogP contribution < -0.4 is 10.5 Å². The molecule has 0 aliphatic carbocycles. The molecule has 0 saturated carbocycles. The van der Waals surface area contributed by atoms with Crippen LogP contribution in [0.5, 0.6) is 0 Å². The third-order valence-electron chi connectivity index (χ3n) is 2.76. The fourth-order valence-corrected chi connectivity index (χ4v) is 4.10. The van der Waals surface area contributed by atoms with E-state index in [1.54, 1.807) is 30.9 Å². The highest BCUT2D eigenvalue weighted by molar-refractivity contribution is 7.89. The Morgan fingerprint density at radius 2 is 2.35 bits per heavy atom. The predicted octanol–water partition coefficient (Wildman–Crippen LogP) is 0.741. The molecular formula is C10H12N6O2S2. The van der Waals surface area contributed by atoms with Crippen molar-refractivity contribution in [1.82, 2.24) is 24.1 Å². The number of anilines is 1. The van der Waals surface area contributed by atoms with Gasteiger partial charge in [-0.3, -0.25) is 4.40 Å². The van der Waals surface area contributed by atoms with Crippen LogP contribution in [0.3, 0.4) is 0 Å². The molecule has 3 aromatic heterocycles. The summed E-state index contributed by atoms with van der Waals surface area (Å²) < 4.78 is 28.9. The van der Waals surface area contributed by atoms with E-state index in [1.165, 1.54) is 15.7 Å². The largest absolute Gasteiger partial charge is 0.381 e. The van der Waals surface area contributed by atoms with Gasteiger partial charge in [0, 0.05) is 24.0 Å². The van der Waals surface area contributed by atoms with E-state index in [0.717, 1.165) is 0 Å². The first kappa shape index (κ1) is 13.1. The van der Waals surface area contributed by atoms with Crippen LogP contribution in [-0.4, -0.2) is 27.8 Å². The predicted molar refractivity (Wildman–Crippen MR) is 74.8 cm³/mol. The first-order valence-corrected chi connectivity index (χ1v) is 8.08. The molecule has 0 bridgehead atoms. The number of fused-ring (bicyclic) bond motifs is 1. The first-order valence-electron chi connectivity index (χ1n) is 5.71. The van der Waals surface area contributed by atoms with Crippen LogP contribution in [0, 0.1) is 0 Å². The molecule has 1 unspecified atom stereocenters. The zero-order valence-electron chi connectivity index (χ0n) is 10.4. The minimum absolute atomic E-state index is 0.0176. The molecule has 0 fully saturated rings. The van der Waals surface area contributed by atoms with Gasteiger partial charge in [-0.25, -0.2) is 18.4 Å². The molecule has 0 saturated heterocycles. The van der Waals surface area contributed by atoms with Gasteiger partial charge in [0.15, 0.2) is 15.8 Å². The molecule has 0 aliphatic rings. The average molecular weight is 312 g/mol. The van der Waals surface area contributed by atoms with Crippen molar-refractivity contribution in [2.45, 2.75) is 18.0 Å². The van der Waals surface area contributed by atoms with E-state index in [9.17, 15) is 8.42 Å². The number of nitrogen functional groups attached to an aromatic ring is 1. The van der Waals surface area contributed by atoms with Crippen LogP contribution in [0.15, 0.2) is 29.0 Å². The van der Waals surface area contributed by atoms with E-state index in [4.69, 9.17) is 5.73 Å². The summed E-state index contributed by atoms with van der Waals surface area (Å²) in [6, 6.07) is -0.501. The summed E-state index contributed by atoms with van der Waals surface area (Å²) in [7, 11) is -3.80. The molecule has 1 atom stereocenters. The van der Waals surface area contributed by atoms with E-state index in [0.29, 0.717) is 10.8 Å². The Morgan fingerprint density at radius 3 is 3.05 bits per heavy atom. The van der Waals surface area contributed by atoms with Gasteiger partial charge >= 0.3 is 0 Å². The fraction of sp³-hybridized carbons (Fsp3) is 0.200. The van der Waals surface area contributed by atoms with E-state index >= 15 is 0 Å². The van der Waals surface area contributed by atoms with E-state index in [2.05, 4.69) is 19.7 Å². The Bertz CT molecular complexity index is 832. The zero-order chi connectivity index (χ0) is 14.3. The minimum Gasteiger partial charge on any atom is -0.381 e. The Morgan fingerprint density at radius 1 is 1.55 bits per heavy atom. The van der Waals surface area contributed by atoms with Crippen LogP contribution in [0.4, 0.5) is 5.82 Å². The second kappa shape index (κ2) is 4.58. The standard InChI is InChI=1S/C10H12N6O2S2/c1-6(8-12-2-3-13-8)15-20(17,18)9-7(11)14-10-16(9)4-5-19-10/h2-6,15H,11H2,1H3,(H,12,13). The van der Waals surface area contributed by atoms with Crippen LogP contribution in [-0.2, 0) is 10.0 Å². The van der Waals surface area contributed by atoms with Gasteiger partial charge in [-0.2, -0.15) is 4.72 Å². The SMILES string of the molecule is CC(NS(=O)(=O)c1c(N)nc2sccn12)c1ncc[nH]1. The molecular weight excluding hydrogens is 300 g/mol. The van der Waals surface area contributed by atoms with Gasteiger partial charge in [-0.15, -0.1) is 11.3 Å². The van der Waals surface area contributed by atoms with Crippen molar-refractivity contribution >= 4 is 32.1 Å². The van der Waals surface area contributed by atoms with Crippen molar-refractivity contribution < 1.29 is 8.42 Å². The lowest BCUT2D eigenvalue weighted by molar-refractivity contribution is 0.557. The number of imidazole rings is 2. The average Bonchev–Trinajstić information content (AvgIpc) is 3.01. The molecule has 0 radical (unpaired) electrons. The summed E-state index contributed by atoms with van der Waals surface area (Å²) >= 11 is 1.32.